The molecule has 19 heavy (non-hydrogen) atoms. The molecule has 1 aromatic rings. The molecule has 0 spiro atoms. The minimum atomic E-state index is 0.609. The zero-order valence-corrected chi connectivity index (χ0v) is 12.6. The highest BCUT2D eigenvalue weighted by Crippen LogP contribution is 2.27. The average molecular weight is 263 g/mol. The van der Waals surface area contributed by atoms with Crippen LogP contribution < -0.4 is 5.32 Å². The summed E-state index contributed by atoms with van der Waals surface area (Å²) >= 11 is 0. The minimum Gasteiger partial charge on any atom is -0.317 e. The van der Waals surface area contributed by atoms with Crippen LogP contribution >= 0.6 is 0 Å². The van der Waals surface area contributed by atoms with E-state index in [-0.39, 0.29) is 0 Å². The monoisotopic (exact) mass is 263 g/mol. The Labute approximate surface area is 117 Å². The van der Waals surface area contributed by atoms with E-state index in [0.717, 1.165) is 18.9 Å². The van der Waals surface area contributed by atoms with E-state index < -0.39 is 0 Å². The van der Waals surface area contributed by atoms with Crippen molar-refractivity contribution in [2.75, 3.05) is 7.05 Å². The maximum absolute atomic E-state index is 4.37. The third kappa shape index (κ3) is 4.64. The fourth-order valence-corrected chi connectivity index (χ4v) is 3.27. The lowest BCUT2D eigenvalue weighted by Crippen LogP contribution is -2.30. The van der Waals surface area contributed by atoms with E-state index in [1.54, 1.807) is 0 Å². The third-order valence-corrected chi connectivity index (χ3v) is 4.49. The lowest BCUT2D eigenvalue weighted by molar-refractivity contribution is 0.361. The summed E-state index contributed by atoms with van der Waals surface area (Å²) in [5.74, 6) is 0.932. The molecular formula is C16H29N3. The Bertz CT molecular complexity index is 351. The predicted molar refractivity (Wildman–Crippen MR) is 80.3 cm³/mol. The molecule has 1 heterocycles. The molecule has 1 N–H and O–H groups in total. The quantitative estimate of drug-likeness (QED) is 0.797. The van der Waals surface area contributed by atoms with Gasteiger partial charge in [0.2, 0.25) is 0 Å². The van der Waals surface area contributed by atoms with Crippen molar-refractivity contribution in [3.05, 3.63) is 18.0 Å². The van der Waals surface area contributed by atoms with E-state index in [4.69, 9.17) is 0 Å². The summed E-state index contributed by atoms with van der Waals surface area (Å²) in [5.41, 5.74) is 1.37. The second kappa shape index (κ2) is 7.68. The summed E-state index contributed by atoms with van der Waals surface area (Å²) in [6, 6.07) is 0.609. The average Bonchev–Trinajstić information content (AvgIpc) is 2.73. The molecule has 1 saturated carbocycles. The van der Waals surface area contributed by atoms with E-state index >= 15 is 0 Å². The smallest absolute Gasteiger partial charge is 0.0522 e. The third-order valence-electron chi connectivity index (χ3n) is 4.49. The van der Waals surface area contributed by atoms with Gasteiger partial charge in [0.05, 0.1) is 6.20 Å². The number of aromatic nitrogens is 2. The fourth-order valence-electron chi connectivity index (χ4n) is 3.27. The van der Waals surface area contributed by atoms with Gasteiger partial charge in [-0.1, -0.05) is 38.5 Å². The van der Waals surface area contributed by atoms with Crippen molar-refractivity contribution in [3.8, 4) is 0 Å². The first-order valence-electron chi connectivity index (χ1n) is 8.00. The number of likely N-dealkylation sites (N-methyl/N-ethyl adjacent to an activating group) is 1. The van der Waals surface area contributed by atoms with Gasteiger partial charge in [-0.25, -0.2) is 0 Å². The molecule has 0 bridgehead atoms. The summed E-state index contributed by atoms with van der Waals surface area (Å²) in [4.78, 5) is 0. The van der Waals surface area contributed by atoms with Gasteiger partial charge in [0.1, 0.15) is 0 Å². The Balaban J connectivity index is 1.84. The van der Waals surface area contributed by atoms with Gasteiger partial charge in [-0.2, -0.15) is 5.10 Å². The molecule has 1 fully saturated rings. The van der Waals surface area contributed by atoms with Crippen molar-refractivity contribution in [2.24, 2.45) is 5.92 Å². The summed E-state index contributed by atoms with van der Waals surface area (Å²) < 4.78 is 2.02. The van der Waals surface area contributed by atoms with Gasteiger partial charge in [0, 0.05) is 18.8 Å². The normalized spacial score (nSPS) is 19.3. The first kappa shape index (κ1) is 14.6. The van der Waals surface area contributed by atoms with Crippen LogP contribution in [0.15, 0.2) is 12.4 Å². The van der Waals surface area contributed by atoms with E-state index in [2.05, 4.69) is 30.6 Å². The van der Waals surface area contributed by atoms with Crippen molar-refractivity contribution in [1.29, 1.82) is 0 Å². The van der Waals surface area contributed by atoms with Crippen LogP contribution in [0.4, 0.5) is 0 Å². The molecule has 0 saturated heterocycles. The Kier molecular flexibility index (Phi) is 5.90. The fraction of sp³-hybridized carbons (Fsp3) is 0.812. The molecule has 0 aliphatic heterocycles. The molecule has 1 atom stereocenters. The Morgan fingerprint density at radius 2 is 2.05 bits per heavy atom. The predicted octanol–water partition coefficient (Wildman–Crippen LogP) is 3.39. The number of hydrogen-bond acceptors (Lipinski definition) is 2. The van der Waals surface area contributed by atoms with Gasteiger partial charge in [-0.15, -0.1) is 0 Å². The summed E-state index contributed by atoms with van der Waals surface area (Å²) in [7, 11) is 2.10. The van der Waals surface area contributed by atoms with Crippen molar-refractivity contribution >= 4 is 0 Å². The molecule has 0 radical (unpaired) electrons. The van der Waals surface area contributed by atoms with Crippen molar-refractivity contribution in [2.45, 2.75) is 70.9 Å². The van der Waals surface area contributed by atoms with Gasteiger partial charge in [-0.05, 0) is 38.3 Å². The van der Waals surface area contributed by atoms with Crippen LogP contribution in [0.2, 0.25) is 0 Å². The standard InChI is InChI=1S/C16H29N3/c1-3-19-13-15(12-18-19)11-16(17-2)10-14-8-6-4-5-7-9-14/h12-14,16-17H,3-11H2,1-2H3. The van der Waals surface area contributed by atoms with E-state index in [0.29, 0.717) is 6.04 Å². The van der Waals surface area contributed by atoms with Gasteiger partial charge in [0.25, 0.3) is 0 Å². The molecule has 1 aliphatic carbocycles. The summed E-state index contributed by atoms with van der Waals surface area (Å²) in [6.07, 6.45) is 15.3. The van der Waals surface area contributed by atoms with Crippen LogP contribution in [0.5, 0.6) is 0 Å². The molecule has 2 rings (SSSR count). The minimum absolute atomic E-state index is 0.609. The van der Waals surface area contributed by atoms with Crippen molar-refractivity contribution in [3.63, 3.8) is 0 Å². The van der Waals surface area contributed by atoms with Crippen LogP contribution in [-0.4, -0.2) is 22.9 Å². The molecule has 0 aromatic carbocycles. The highest BCUT2D eigenvalue weighted by Gasteiger charge is 2.17. The lowest BCUT2D eigenvalue weighted by atomic mass is 9.90. The van der Waals surface area contributed by atoms with Crippen LogP contribution in [0.25, 0.3) is 0 Å². The highest BCUT2D eigenvalue weighted by atomic mass is 15.3. The van der Waals surface area contributed by atoms with Crippen molar-refractivity contribution < 1.29 is 0 Å². The summed E-state index contributed by atoms with van der Waals surface area (Å²) in [5, 5.41) is 7.88. The van der Waals surface area contributed by atoms with Crippen LogP contribution in [0.3, 0.4) is 0 Å². The highest BCUT2D eigenvalue weighted by molar-refractivity contribution is 5.06. The van der Waals surface area contributed by atoms with Gasteiger partial charge in [0.15, 0.2) is 0 Å². The van der Waals surface area contributed by atoms with Gasteiger partial charge in [-0.3, -0.25) is 4.68 Å². The Morgan fingerprint density at radius 3 is 2.63 bits per heavy atom. The maximum Gasteiger partial charge on any atom is 0.0522 e. The molecule has 1 unspecified atom stereocenters. The number of nitrogens with zero attached hydrogens (tertiary/aromatic N) is 2. The Morgan fingerprint density at radius 1 is 1.32 bits per heavy atom. The zero-order chi connectivity index (χ0) is 13.5. The van der Waals surface area contributed by atoms with Gasteiger partial charge >= 0.3 is 0 Å². The number of rotatable bonds is 6. The first-order chi connectivity index (χ1) is 9.31. The van der Waals surface area contributed by atoms with Crippen LogP contribution in [-0.2, 0) is 13.0 Å². The van der Waals surface area contributed by atoms with Crippen LogP contribution in [0, 0.1) is 5.92 Å². The number of aryl methyl sites for hydroxylation is 1. The lowest BCUT2D eigenvalue weighted by Gasteiger charge is -2.21. The topological polar surface area (TPSA) is 29.9 Å². The number of hydrogen-bond donors (Lipinski definition) is 1. The molecular weight excluding hydrogens is 234 g/mol. The maximum atomic E-state index is 4.37. The van der Waals surface area contributed by atoms with E-state index in [1.165, 1.54) is 50.5 Å². The van der Waals surface area contributed by atoms with E-state index in [9.17, 15) is 0 Å². The Hall–Kier alpha value is -0.830. The van der Waals surface area contributed by atoms with Crippen LogP contribution in [0.1, 0.15) is 57.4 Å². The summed E-state index contributed by atoms with van der Waals surface area (Å²) in [6.45, 7) is 3.10. The molecule has 0 amide bonds. The second-order valence-electron chi connectivity index (χ2n) is 5.99. The molecule has 1 aromatic heterocycles. The zero-order valence-electron chi connectivity index (χ0n) is 12.6. The van der Waals surface area contributed by atoms with Gasteiger partial charge < -0.3 is 5.32 Å². The number of nitrogens with one attached hydrogen (secondary N) is 1. The van der Waals surface area contributed by atoms with E-state index in [1.807, 2.05) is 10.9 Å². The SMILES string of the molecule is CCn1cc(CC(CC2CCCCCC2)NC)cn1. The molecule has 3 nitrogen and oxygen atoms in total. The second-order valence-corrected chi connectivity index (χ2v) is 5.99. The molecule has 108 valence electrons. The molecule has 3 heteroatoms. The first-order valence-corrected chi connectivity index (χ1v) is 8.00. The molecule has 1 aliphatic rings. The van der Waals surface area contributed by atoms with Crippen molar-refractivity contribution in [1.82, 2.24) is 15.1 Å². The largest absolute Gasteiger partial charge is 0.317 e.